The minimum absolute atomic E-state index is 0.124. The zero-order valence-corrected chi connectivity index (χ0v) is 14.6. The lowest BCUT2D eigenvalue weighted by atomic mass is 9.88. The molecule has 1 saturated carbocycles. The molecule has 3 heteroatoms. The van der Waals surface area contributed by atoms with E-state index in [1.807, 2.05) is 11.3 Å². The Hall–Kier alpha value is -0.410. The summed E-state index contributed by atoms with van der Waals surface area (Å²) in [5, 5.41) is 7.52. The molecule has 0 bridgehead atoms. The molecule has 1 aromatic rings. The molecule has 0 unspecified atom stereocenters. The molecule has 2 rings (SSSR count). The Morgan fingerprint density at radius 3 is 2.20 bits per heavy atom. The minimum Gasteiger partial charge on any atom is -0.303 e. The highest BCUT2D eigenvalue weighted by atomic mass is 32.1. The summed E-state index contributed by atoms with van der Waals surface area (Å²) in [6.07, 6.45) is 7.51. The van der Waals surface area contributed by atoms with Gasteiger partial charge in [-0.2, -0.15) is 0 Å². The summed E-state index contributed by atoms with van der Waals surface area (Å²) >= 11 is 1.86. The molecule has 1 aliphatic carbocycles. The number of thiazole rings is 1. The molecule has 0 atom stereocenters. The van der Waals surface area contributed by atoms with E-state index >= 15 is 0 Å². The molecule has 1 N–H and O–H groups in total. The van der Waals surface area contributed by atoms with Gasteiger partial charge >= 0.3 is 0 Å². The van der Waals surface area contributed by atoms with E-state index in [4.69, 9.17) is 4.98 Å². The van der Waals surface area contributed by atoms with Crippen LogP contribution in [0.1, 0.15) is 83.8 Å². The smallest absolute Gasteiger partial charge is 0.113 e. The van der Waals surface area contributed by atoms with Crippen molar-refractivity contribution in [1.29, 1.82) is 0 Å². The second-order valence-corrected chi connectivity index (χ2v) is 8.15. The molecule has 1 aromatic heterocycles. The standard InChI is InChI=1S/C17H30N2S/c1-6-10-17(11-7-2,19-13-8-9-13)15-18-14(12-20-15)16(3,4)5/h12-13,19H,6-11H2,1-5H3. The van der Waals surface area contributed by atoms with Crippen LogP contribution in [0.25, 0.3) is 0 Å². The zero-order chi connectivity index (χ0) is 14.8. The van der Waals surface area contributed by atoms with E-state index in [0.717, 1.165) is 6.04 Å². The maximum Gasteiger partial charge on any atom is 0.113 e. The van der Waals surface area contributed by atoms with Gasteiger partial charge in [0.25, 0.3) is 0 Å². The average Bonchev–Trinajstić information content (AvgIpc) is 3.00. The highest BCUT2D eigenvalue weighted by Gasteiger charge is 2.39. The molecule has 1 aliphatic rings. The predicted molar refractivity (Wildman–Crippen MR) is 88.5 cm³/mol. The van der Waals surface area contributed by atoms with Gasteiger partial charge in [-0.3, -0.25) is 0 Å². The first kappa shape index (κ1) is 16.0. The number of nitrogens with zero attached hydrogens (tertiary/aromatic N) is 1. The number of hydrogen-bond acceptors (Lipinski definition) is 3. The Labute approximate surface area is 128 Å². The fourth-order valence-electron chi connectivity index (χ4n) is 2.85. The summed E-state index contributed by atoms with van der Waals surface area (Å²) in [4.78, 5) is 5.03. The Morgan fingerprint density at radius 2 is 1.80 bits per heavy atom. The van der Waals surface area contributed by atoms with Crippen molar-refractivity contribution < 1.29 is 0 Å². The van der Waals surface area contributed by atoms with Crippen molar-refractivity contribution in [2.75, 3.05) is 0 Å². The number of nitrogens with one attached hydrogen (secondary N) is 1. The molecule has 1 heterocycles. The molecule has 114 valence electrons. The van der Waals surface area contributed by atoms with Gasteiger partial charge in [-0.05, 0) is 25.7 Å². The van der Waals surface area contributed by atoms with Crippen LogP contribution >= 0.6 is 11.3 Å². The van der Waals surface area contributed by atoms with Crippen molar-refractivity contribution in [2.24, 2.45) is 0 Å². The SMILES string of the molecule is CCCC(CCC)(NC1CC1)c1nc(C(C)(C)C)cs1. The van der Waals surface area contributed by atoms with Crippen LogP contribution < -0.4 is 5.32 Å². The predicted octanol–water partition coefficient (Wildman–Crippen LogP) is 4.99. The van der Waals surface area contributed by atoms with E-state index in [9.17, 15) is 0 Å². The second kappa shape index (κ2) is 6.15. The first-order valence-corrected chi connectivity index (χ1v) is 9.03. The molecule has 2 nitrogen and oxygen atoms in total. The fourth-order valence-corrected chi connectivity index (χ4v) is 4.12. The van der Waals surface area contributed by atoms with Gasteiger partial charge < -0.3 is 5.32 Å². The van der Waals surface area contributed by atoms with Gasteiger partial charge in [0.1, 0.15) is 5.01 Å². The van der Waals surface area contributed by atoms with Gasteiger partial charge in [0.05, 0.1) is 11.2 Å². The number of rotatable bonds is 7. The summed E-state index contributed by atoms with van der Waals surface area (Å²) in [5.74, 6) is 0. The van der Waals surface area contributed by atoms with E-state index in [-0.39, 0.29) is 11.0 Å². The van der Waals surface area contributed by atoms with Crippen LogP contribution in [-0.2, 0) is 11.0 Å². The molecule has 0 radical (unpaired) electrons. The average molecular weight is 295 g/mol. The normalized spacial score (nSPS) is 16.6. The van der Waals surface area contributed by atoms with E-state index < -0.39 is 0 Å². The van der Waals surface area contributed by atoms with Gasteiger partial charge in [-0.25, -0.2) is 4.98 Å². The van der Waals surface area contributed by atoms with Crippen molar-refractivity contribution >= 4 is 11.3 Å². The van der Waals surface area contributed by atoms with E-state index in [0.29, 0.717) is 0 Å². The molecule has 0 saturated heterocycles. The van der Waals surface area contributed by atoms with E-state index in [2.05, 4.69) is 45.3 Å². The van der Waals surface area contributed by atoms with Crippen molar-refractivity contribution in [1.82, 2.24) is 10.3 Å². The summed E-state index contributed by atoms with van der Waals surface area (Å²) < 4.78 is 0. The quantitative estimate of drug-likeness (QED) is 0.766. The van der Waals surface area contributed by atoms with Gasteiger partial charge in [0.2, 0.25) is 0 Å². The molecule has 0 amide bonds. The van der Waals surface area contributed by atoms with E-state index in [1.54, 1.807) is 0 Å². The van der Waals surface area contributed by atoms with Gasteiger partial charge in [-0.1, -0.05) is 47.5 Å². The highest BCUT2D eigenvalue weighted by Crippen LogP contribution is 2.38. The Kier molecular flexibility index (Phi) is 4.91. The third kappa shape index (κ3) is 3.62. The van der Waals surface area contributed by atoms with Gasteiger partial charge in [-0.15, -0.1) is 11.3 Å². The van der Waals surface area contributed by atoms with E-state index in [1.165, 1.54) is 49.2 Å². The lowest BCUT2D eigenvalue weighted by Crippen LogP contribution is -2.43. The largest absolute Gasteiger partial charge is 0.303 e. The van der Waals surface area contributed by atoms with Crippen molar-refractivity contribution in [2.45, 2.75) is 90.1 Å². The van der Waals surface area contributed by atoms with Crippen LogP contribution in [0.2, 0.25) is 0 Å². The summed E-state index contributed by atoms with van der Waals surface area (Å²) in [7, 11) is 0. The number of aromatic nitrogens is 1. The van der Waals surface area contributed by atoms with Gasteiger partial charge in [0, 0.05) is 16.8 Å². The highest BCUT2D eigenvalue weighted by molar-refractivity contribution is 7.09. The molecular formula is C17H30N2S. The maximum absolute atomic E-state index is 5.03. The minimum atomic E-state index is 0.124. The van der Waals surface area contributed by atoms with Crippen molar-refractivity contribution in [3.63, 3.8) is 0 Å². The monoisotopic (exact) mass is 294 g/mol. The van der Waals surface area contributed by atoms with Crippen LogP contribution in [-0.4, -0.2) is 11.0 Å². The number of hydrogen-bond donors (Lipinski definition) is 1. The van der Waals surface area contributed by atoms with Crippen LogP contribution in [0.4, 0.5) is 0 Å². The van der Waals surface area contributed by atoms with Crippen LogP contribution in [0, 0.1) is 0 Å². The first-order valence-electron chi connectivity index (χ1n) is 8.15. The fraction of sp³-hybridized carbons (Fsp3) is 0.824. The van der Waals surface area contributed by atoms with Crippen LogP contribution in [0.5, 0.6) is 0 Å². The molecule has 20 heavy (non-hydrogen) atoms. The molecule has 1 fully saturated rings. The molecule has 0 aliphatic heterocycles. The Balaban J connectivity index is 2.30. The van der Waals surface area contributed by atoms with Crippen molar-refractivity contribution in [3.8, 4) is 0 Å². The summed E-state index contributed by atoms with van der Waals surface area (Å²) in [6, 6.07) is 0.732. The lowest BCUT2D eigenvalue weighted by molar-refractivity contribution is 0.274. The molecular weight excluding hydrogens is 264 g/mol. The Morgan fingerprint density at radius 1 is 1.20 bits per heavy atom. The molecule has 0 spiro atoms. The van der Waals surface area contributed by atoms with Gasteiger partial charge in [0.15, 0.2) is 0 Å². The Bertz CT molecular complexity index is 420. The third-order valence-electron chi connectivity index (χ3n) is 4.09. The molecule has 0 aromatic carbocycles. The lowest BCUT2D eigenvalue weighted by Gasteiger charge is -2.33. The van der Waals surface area contributed by atoms with Crippen molar-refractivity contribution in [3.05, 3.63) is 16.1 Å². The van der Waals surface area contributed by atoms with Crippen LogP contribution in [0.3, 0.4) is 0 Å². The first-order chi connectivity index (χ1) is 9.41. The second-order valence-electron chi connectivity index (χ2n) is 7.29. The summed E-state index contributed by atoms with van der Waals surface area (Å²) in [5.41, 5.74) is 1.52. The third-order valence-corrected chi connectivity index (χ3v) is 5.14. The van der Waals surface area contributed by atoms with Crippen LogP contribution in [0.15, 0.2) is 5.38 Å². The zero-order valence-electron chi connectivity index (χ0n) is 13.8. The topological polar surface area (TPSA) is 24.9 Å². The maximum atomic E-state index is 5.03. The summed E-state index contributed by atoms with van der Waals surface area (Å²) in [6.45, 7) is 11.3.